The second kappa shape index (κ2) is 7.24. The van der Waals surface area contributed by atoms with Crippen LogP contribution in [0.4, 0.5) is 5.82 Å². The Morgan fingerprint density at radius 1 is 1.36 bits per heavy atom. The van der Waals surface area contributed by atoms with Gasteiger partial charge in [0.25, 0.3) is 5.91 Å². The SMILES string of the molecule is CNC(=O)c1cccc(N2CCC[C@@H](NC(=O)C(C)C)C2)n1. The first kappa shape index (κ1) is 16.3. The van der Waals surface area contributed by atoms with Crippen LogP contribution in [0.1, 0.15) is 37.2 Å². The van der Waals surface area contributed by atoms with Crippen LogP contribution in [0.25, 0.3) is 0 Å². The van der Waals surface area contributed by atoms with Gasteiger partial charge in [-0.25, -0.2) is 4.98 Å². The first-order valence-corrected chi connectivity index (χ1v) is 7.75. The molecule has 2 heterocycles. The van der Waals surface area contributed by atoms with Gasteiger partial charge in [-0.2, -0.15) is 0 Å². The molecule has 6 heteroatoms. The van der Waals surface area contributed by atoms with Crippen molar-refractivity contribution in [3.8, 4) is 0 Å². The molecule has 1 aliphatic heterocycles. The second-order valence-corrected chi connectivity index (χ2v) is 5.91. The molecule has 1 fully saturated rings. The summed E-state index contributed by atoms with van der Waals surface area (Å²) in [5, 5.41) is 5.66. The fourth-order valence-electron chi connectivity index (χ4n) is 2.52. The highest BCUT2D eigenvalue weighted by Crippen LogP contribution is 2.18. The molecule has 22 heavy (non-hydrogen) atoms. The average molecular weight is 304 g/mol. The molecule has 0 spiro atoms. The Bertz CT molecular complexity index is 545. The third kappa shape index (κ3) is 3.96. The molecular formula is C16H24N4O2. The highest BCUT2D eigenvalue weighted by Gasteiger charge is 2.23. The summed E-state index contributed by atoms with van der Waals surface area (Å²) in [5.74, 6) is 0.664. The maximum atomic E-state index is 11.8. The monoisotopic (exact) mass is 304 g/mol. The summed E-state index contributed by atoms with van der Waals surface area (Å²) in [4.78, 5) is 30.1. The van der Waals surface area contributed by atoms with Crippen LogP contribution in [0.15, 0.2) is 18.2 Å². The molecule has 6 nitrogen and oxygen atoms in total. The van der Waals surface area contributed by atoms with Gasteiger partial charge >= 0.3 is 0 Å². The van der Waals surface area contributed by atoms with Crippen LogP contribution in [0.5, 0.6) is 0 Å². The van der Waals surface area contributed by atoms with Gasteiger partial charge < -0.3 is 15.5 Å². The molecule has 2 rings (SSSR count). The number of anilines is 1. The first-order chi connectivity index (χ1) is 10.5. The van der Waals surface area contributed by atoms with Gasteiger partial charge in [0.1, 0.15) is 11.5 Å². The molecular weight excluding hydrogens is 280 g/mol. The lowest BCUT2D eigenvalue weighted by Gasteiger charge is -2.34. The molecule has 2 N–H and O–H groups in total. The first-order valence-electron chi connectivity index (χ1n) is 7.75. The summed E-state index contributed by atoms with van der Waals surface area (Å²) in [6.45, 7) is 5.40. The third-order valence-corrected chi connectivity index (χ3v) is 3.81. The van der Waals surface area contributed by atoms with Crippen molar-refractivity contribution in [2.24, 2.45) is 5.92 Å². The lowest BCUT2D eigenvalue weighted by atomic mass is 10.0. The van der Waals surface area contributed by atoms with Crippen molar-refractivity contribution < 1.29 is 9.59 Å². The standard InChI is InChI=1S/C16H24N4O2/c1-11(2)15(21)18-12-6-5-9-20(10-12)14-8-4-7-13(19-14)16(22)17-3/h4,7-8,11-12H,5-6,9-10H2,1-3H3,(H,17,22)(H,18,21)/t12-/m1/s1. The maximum absolute atomic E-state index is 11.8. The van der Waals surface area contributed by atoms with Crippen molar-refractivity contribution in [3.05, 3.63) is 23.9 Å². The maximum Gasteiger partial charge on any atom is 0.269 e. The number of hydrogen-bond donors (Lipinski definition) is 2. The van der Waals surface area contributed by atoms with E-state index in [2.05, 4.69) is 20.5 Å². The number of pyridine rings is 1. The van der Waals surface area contributed by atoms with Gasteiger partial charge in [-0.15, -0.1) is 0 Å². The average Bonchev–Trinajstić information content (AvgIpc) is 2.54. The summed E-state index contributed by atoms with van der Waals surface area (Å²) in [7, 11) is 1.59. The molecule has 0 aliphatic carbocycles. The third-order valence-electron chi connectivity index (χ3n) is 3.81. The van der Waals surface area contributed by atoms with Crippen molar-refractivity contribution in [1.82, 2.24) is 15.6 Å². The summed E-state index contributed by atoms with van der Waals surface area (Å²) < 4.78 is 0. The van der Waals surface area contributed by atoms with E-state index in [0.717, 1.165) is 31.7 Å². The van der Waals surface area contributed by atoms with Crippen LogP contribution in [0.2, 0.25) is 0 Å². The molecule has 0 bridgehead atoms. The van der Waals surface area contributed by atoms with Crippen LogP contribution >= 0.6 is 0 Å². The summed E-state index contributed by atoms with van der Waals surface area (Å²) >= 11 is 0. The second-order valence-electron chi connectivity index (χ2n) is 5.91. The van der Waals surface area contributed by atoms with Gasteiger partial charge in [-0.1, -0.05) is 19.9 Å². The summed E-state index contributed by atoms with van der Waals surface area (Å²) in [6, 6.07) is 5.57. The molecule has 2 amide bonds. The molecule has 1 aromatic rings. The Kier molecular flexibility index (Phi) is 5.35. The van der Waals surface area contributed by atoms with Gasteiger partial charge in [0.15, 0.2) is 0 Å². The fraction of sp³-hybridized carbons (Fsp3) is 0.562. The Hall–Kier alpha value is -2.11. The number of hydrogen-bond acceptors (Lipinski definition) is 4. The number of nitrogens with zero attached hydrogens (tertiary/aromatic N) is 2. The van der Waals surface area contributed by atoms with Crippen LogP contribution < -0.4 is 15.5 Å². The molecule has 1 aliphatic rings. The van der Waals surface area contributed by atoms with E-state index < -0.39 is 0 Å². The highest BCUT2D eigenvalue weighted by molar-refractivity contribution is 5.92. The highest BCUT2D eigenvalue weighted by atomic mass is 16.2. The van der Waals surface area contributed by atoms with Crippen molar-refractivity contribution in [2.45, 2.75) is 32.7 Å². The fourth-order valence-corrected chi connectivity index (χ4v) is 2.52. The normalized spacial score (nSPS) is 18.2. The smallest absolute Gasteiger partial charge is 0.269 e. The Morgan fingerprint density at radius 3 is 2.82 bits per heavy atom. The zero-order chi connectivity index (χ0) is 16.1. The van der Waals surface area contributed by atoms with E-state index in [4.69, 9.17) is 0 Å². The van der Waals surface area contributed by atoms with Crippen LogP contribution in [-0.4, -0.2) is 43.0 Å². The molecule has 0 saturated carbocycles. The molecule has 1 atom stereocenters. The molecule has 0 unspecified atom stereocenters. The molecule has 0 aromatic carbocycles. The van der Waals surface area contributed by atoms with E-state index in [1.807, 2.05) is 26.0 Å². The van der Waals surface area contributed by atoms with E-state index in [0.29, 0.717) is 5.69 Å². The Morgan fingerprint density at radius 2 is 2.14 bits per heavy atom. The number of nitrogens with one attached hydrogen (secondary N) is 2. The molecule has 120 valence electrons. The van der Waals surface area contributed by atoms with Crippen molar-refractivity contribution in [2.75, 3.05) is 25.0 Å². The molecule has 0 radical (unpaired) electrons. The minimum absolute atomic E-state index is 0.00919. The van der Waals surface area contributed by atoms with Gasteiger partial charge in [0.2, 0.25) is 5.91 Å². The minimum atomic E-state index is -0.191. The van der Waals surface area contributed by atoms with E-state index >= 15 is 0 Å². The predicted octanol–water partition coefficient (Wildman–Crippen LogP) is 1.18. The largest absolute Gasteiger partial charge is 0.355 e. The van der Waals surface area contributed by atoms with E-state index in [1.54, 1.807) is 13.1 Å². The van der Waals surface area contributed by atoms with Crippen LogP contribution in [0, 0.1) is 5.92 Å². The van der Waals surface area contributed by atoms with E-state index in [1.165, 1.54) is 0 Å². The number of aromatic nitrogens is 1. The van der Waals surface area contributed by atoms with Gasteiger partial charge in [-0.05, 0) is 25.0 Å². The number of carbonyl (C=O) groups excluding carboxylic acids is 2. The summed E-state index contributed by atoms with van der Waals surface area (Å²) in [5.41, 5.74) is 0.410. The van der Waals surface area contributed by atoms with Gasteiger partial charge in [0.05, 0.1) is 0 Å². The van der Waals surface area contributed by atoms with E-state index in [9.17, 15) is 9.59 Å². The number of carbonyl (C=O) groups is 2. The number of rotatable bonds is 4. The quantitative estimate of drug-likeness (QED) is 0.876. The van der Waals surface area contributed by atoms with Crippen molar-refractivity contribution in [3.63, 3.8) is 0 Å². The van der Waals surface area contributed by atoms with Crippen LogP contribution in [-0.2, 0) is 4.79 Å². The van der Waals surface area contributed by atoms with Gasteiger partial charge in [0, 0.05) is 32.1 Å². The topological polar surface area (TPSA) is 74.3 Å². The number of amides is 2. The van der Waals surface area contributed by atoms with Crippen molar-refractivity contribution >= 4 is 17.6 Å². The zero-order valence-electron chi connectivity index (χ0n) is 13.4. The minimum Gasteiger partial charge on any atom is -0.355 e. The van der Waals surface area contributed by atoms with Crippen LogP contribution in [0.3, 0.4) is 0 Å². The van der Waals surface area contributed by atoms with E-state index in [-0.39, 0.29) is 23.8 Å². The van der Waals surface area contributed by atoms with Gasteiger partial charge in [-0.3, -0.25) is 9.59 Å². The Labute approximate surface area is 131 Å². The van der Waals surface area contributed by atoms with Crippen molar-refractivity contribution in [1.29, 1.82) is 0 Å². The number of piperidine rings is 1. The summed E-state index contributed by atoms with van der Waals surface area (Å²) in [6.07, 6.45) is 1.97. The lowest BCUT2D eigenvalue weighted by molar-refractivity contribution is -0.124. The molecule has 1 aromatic heterocycles. The Balaban J connectivity index is 2.06. The molecule has 1 saturated heterocycles. The predicted molar refractivity (Wildman–Crippen MR) is 85.8 cm³/mol. The lowest BCUT2D eigenvalue weighted by Crippen LogP contribution is -2.49. The zero-order valence-corrected chi connectivity index (χ0v) is 13.4.